The lowest BCUT2D eigenvalue weighted by molar-refractivity contribution is -0.125. The Balaban J connectivity index is 1.14. The summed E-state index contributed by atoms with van der Waals surface area (Å²) < 4.78 is 5.40. The lowest BCUT2D eigenvalue weighted by Gasteiger charge is -2.33. The number of hydrogen-bond acceptors (Lipinski definition) is 7. The Kier molecular flexibility index (Phi) is 8.56. The Bertz CT molecular complexity index is 695. The number of aromatic nitrogens is 2. The number of piperidine rings is 1. The van der Waals surface area contributed by atoms with Crippen molar-refractivity contribution in [3.05, 3.63) is 12.1 Å². The highest BCUT2D eigenvalue weighted by molar-refractivity contribution is 5.78. The number of amides is 1. The molecule has 8 heteroatoms. The first kappa shape index (κ1) is 23.2. The van der Waals surface area contributed by atoms with Gasteiger partial charge in [0.2, 0.25) is 5.91 Å². The third-order valence-electron chi connectivity index (χ3n) is 7.35. The van der Waals surface area contributed by atoms with Crippen LogP contribution in [0.1, 0.15) is 51.4 Å². The minimum Gasteiger partial charge on any atom is -0.378 e. The lowest BCUT2D eigenvalue weighted by Crippen LogP contribution is -2.42. The minimum atomic E-state index is 0.114. The molecule has 8 nitrogen and oxygen atoms in total. The van der Waals surface area contributed by atoms with Crippen LogP contribution < -0.4 is 15.1 Å². The molecule has 0 atom stereocenters. The highest BCUT2D eigenvalue weighted by Crippen LogP contribution is 2.23. The van der Waals surface area contributed by atoms with Crippen molar-refractivity contribution in [3.8, 4) is 0 Å². The molecule has 32 heavy (non-hydrogen) atoms. The lowest BCUT2D eigenvalue weighted by atomic mass is 9.94. The van der Waals surface area contributed by atoms with E-state index in [1.165, 1.54) is 32.1 Å². The van der Waals surface area contributed by atoms with E-state index in [0.29, 0.717) is 0 Å². The zero-order valence-electron chi connectivity index (χ0n) is 19.7. The predicted octanol–water partition coefficient (Wildman–Crippen LogP) is 2.30. The van der Waals surface area contributed by atoms with Crippen LogP contribution >= 0.6 is 0 Å². The van der Waals surface area contributed by atoms with Gasteiger partial charge in [0.25, 0.3) is 0 Å². The van der Waals surface area contributed by atoms with Gasteiger partial charge in [0.05, 0.1) is 13.2 Å². The molecule has 2 saturated heterocycles. The number of anilines is 2. The molecule has 0 unspecified atom stereocenters. The highest BCUT2D eigenvalue weighted by atomic mass is 16.5. The average molecular weight is 445 g/mol. The first-order chi connectivity index (χ1) is 15.7. The fourth-order valence-corrected chi connectivity index (χ4v) is 5.21. The molecule has 1 N–H and O–H groups in total. The van der Waals surface area contributed by atoms with Gasteiger partial charge in [0.1, 0.15) is 0 Å². The molecule has 1 aliphatic carbocycles. The molecule has 0 radical (unpaired) electrons. The first-order valence-electron chi connectivity index (χ1n) is 12.6. The molecule has 1 amide bonds. The summed E-state index contributed by atoms with van der Waals surface area (Å²) in [6.07, 6.45) is 9.58. The molecule has 3 aliphatic rings. The zero-order chi connectivity index (χ0) is 22.2. The molecular formula is C24H40N6O2. The van der Waals surface area contributed by atoms with Crippen LogP contribution in [0.5, 0.6) is 0 Å². The van der Waals surface area contributed by atoms with Gasteiger partial charge in [0, 0.05) is 44.7 Å². The number of hydrogen-bond donors (Lipinski definition) is 1. The third-order valence-corrected chi connectivity index (χ3v) is 7.35. The van der Waals surface area contributed by atoms with Crippen LogP contribution in [-0.2, 0) is 9.53 Å². The normalized spacial score (nSPS) is 21.2. The van der Waals surface area contributed by atoms with Crippen LogP contribution in [0.2, 0.25) is 0 Å². The topological polar surface area (TPSA) is 73.8 Å². The summed E-state index contributed by atoms with van der Waals surface area (Å²) in [7, 11) is 2.24. The molecule has 0 bridgehead atoms. The largest absolute Gasteiger partial charge is 0.378 e. The van der Waals surface area contributed by atoms with Crippen LogP contribution in [0.3, 0.4) is 0 Å². The van der Waals surface area contributed by atoms with E-state index in [2.05, 4.69) is 49.4 Å². The fourth-order valence-electron chi connectivity index (χ4n) is 5.21. The van der Waals surface area contributed by atoms with Gasteiger partial charge in [-0.05, 0) is 57.8 Å². The molecule has 2 aliphatic heterocycles. The molecule has 1 saturated carbocycles. The van der Waals surface area contributed by atoms with Gasteiger partial charge in [-0.2, -0.15) is 0 Å². The van der Waals surface area contributed by atoms with Crippen LogP contribution in [-0.4, -0.2) is 86.6 Å². The molecule has 0 spiro atoms. The number of nitrogens with one attached hydrogen (secondary N) is 1. The van der Waals surface area contributed by atoms with E-state index in [1.807, 2.05) is 0 Å². The molecule has 4 rings (SSSR count). The zero-order valence-corrected chi connectivity index (χ0v) is 19.7. The molecule has 3 heterocycles. The van der Waals surface area contributed by atoms with Gasteiger partial charge in [-0.25, -0.2) is 0 Å². The maximum atomic E-state index is 12.6. The van der Waals surface area contributed by atoms with Crippen molar-refractivity contribution in [3.63, 3.8) is 0 Å². The van der Waals surface area contributed by atoms with E-state index >= 15 is 0 Å². The van der Waals surface area contributed by atoms with Crippen molar-refractivity contribution < 1.29 is 9.53 Å². The summed E-state index contributed by atoms with van der Waals surface area (Å²) in [6.45, 7) is 6.79. The Morgan fingerprint density at radius 1 is 1.00 bits per heavy atom. The number of carbonyl (C=O) groups is 1. The van der Waals surface area contributed by atoms with E-state index < -0.39 is 0 Å². The monoisotopic (exact) mass is 444 g/mol. The molecule has 0 aromatic carbocycles. The van der Waals surface area contributed by atoms with Gasteiger partial charge in [-0.1, -0.05) is 19.3 Å². The van der Waals surface area contributed by atoms with Crippen molar-refractivity contribution in [2.24, 2.45) is 5.92 Å². The summed E-state index contributed by atoms with van der Waals surface area (Å²) in [5, 5.41) is 12.1. The summed E-state index contributed by atoms with van der Waals surface area (Å²) >= 11 is 0. The van der Waals surface area contributed by atoms with Gasteiger partial charge in [-0.15, -0.1) is 10.2 Å². The number of ether oxygens (including phenoxy) is 1. The molecule has 3 fully saturated rings. The van der Waals surface area contributed by atoms with Crippen molar-refractivity contribution in [1.29, 1.82) is 0 Å². The van der Waals surface area contributed by atoms with E-state index in [4.69, 9.17) is 4.74 Å². The number of nitrogens with zero attached hydrogens (tertiary/aromatic N) is 5. The van der Waals surface area contributed by atoms with Gasteiger partial charge >= 0.3 is 0 Å². The van der Waals surface area contributed by atoms with Gasteiger partial charge < -0.3 is 24.8 Å². The number of rotatable bonds is 8. The van der Waals surface area contributed by atoms with Crippen LogP contribution in [0.4, 0.5) is 11.6 Å². The van der Waals surface area contributed by atoms with Crippen molar-refractivity contribution in [2.75, 3.05) is 69.3 Å². The fraction of sp³-hybridized carbons (Fsp3) is 0.792. The van der Waals surface area contributed by atoms with E-state index in [1.54, 1.807) is 0 Å². The van der Waals surface area contributed by atoms with Crippen molar-refractivity contribution in [2.45, 2.75) is 57.4 Å². The predicted molar refractivity (Wildman–Crippen MR) is 127 cm³/mol. The van der Waals surface area contributed by atoms with Crippen LogP contribution in [0.15, 0.2) is 12.1 Å². The Labute approximate surface area is 192 Å². The van der Waals surface area contributed by atoms with Crippen LogP contribution in [0.25, 0.3) is 0 Å². The maximum absolute atomic E-state index is 12.6. The minimum absolute atomic E-state index is 0.114. The van der Waals surface area contributed by atoms with E-state index in [9.17, 15) is 4.79 Å². The van der Waals surface area contributed by atoms with Gasteiger partial charge in [-0.3, -0.25) is 4.79 Å². The Morgan fingerprint density at radius 2 is 1.62 bits per heavy atom. The average Bonchev–Trinajstić information content (AvgIpc) is 2.87. The molecule has 178 valence electrons. The second kappa shape index (κ2) is 11.8. The third kappa shape index (κ3) is 6.32. The number of morpholine rings is 1. The standard InChI is InChI=1S/C24H40N6O2/c1-28(21-6-3-2-4-7-21)13-5-12-25-24(31)20-10-14-29(15-11-20)22-8-9-23(27-26-22)30-16-18-32-19-17-30/h8-9,20-21H,2-7,10-19H2,1H3,(H,25,31). The molecule has 1 aromatic heterocycles. The van der Waals surface area contributed by atoms with E-state index in [0.717, 1.165) is 89.4 Å². The molecular weight excluding hydrogens is 404 g/mol. The smallest absolute Gasteiger partial charge is 0.223 e. The summed E-state index contributed by atoms with van der Waals surface area (Å²) in [4.78, 5) is 19.6. The highest BCUT2D eigenvalue weighted by Gasteiger charge is 2.26. The van der Waals surface area contributed by atoms with Crippen molar-refractivity contribution in [1.82, 2.24) is 20.4 Å². The Morgan fingerprint density at radius 3 is 2.25 bits per heavy atom. The van der Waals surface area contributed by atoms with E-state index in [-0.39, 0.29) is 11.8 Å². The quantitative estimate of drug-likeness (QED) is 0.617. The number of carbonyl (C=O) groups excluding carboxylic acids is 1. The van der Waals surface area contributed by atoms with Crippen LogP contribution in [0, 0.1) is 5.92 Å². The van der Waals surface area contributed by atoms with Crippen molar-refractivity contribution >= 4 is 17.5 Å². The SMILES string of the molecule is CN(CCCNC(=O)C1CCN(c2ccc(N3CCOCC3)nn2)CC1)C1CCCCC1. The van der Waals surface area contributed by atoms with Gasteiger partial charge in [0.15, 0.2) is 11.6 Å². The maximum Gasteiger partial charge on any atom is 0.223 e. The second-order valence-electron chi connectivity index (χ2n) is 9.53. The summed E-state index contributed by atoms with van der Waals surface area (Å²) in [6, 6.07) is 4.85. The summed E-state index contributed by atoms with van der Waals surface area (Å²) in [5.74, 6) is 2.16. The Hall–Kier alpha value is -1.93. The summed E-state index contributed by atoms with van der Waals surface area (Å²) in [5.41, 5.74) is 0. The molecule has 1 aromatic rings. The first-order valence-corrected chi connectivity index (χ1v) is 12.6. The second-order valence-corrected chi connectivity index (χ2v) is 9.53.